The maximum absolute atomic E-state index is 5.91. The zero-order valence-corrected chi connectivity index (χ0v) is 16.4. The average molecular weight is 376 g/mol. The normalized spacial score (nSPS) is 10.5. The Morgan fingerprint density at radius 1 is 0.586 bits per heavy atom. The zero-order chi connectivity index (χ0) is 19.9. The largest absolute Gasteiger partial charge is 0.489 e. The fraction of sp³-hybridized carbons (Fsp3) is 0.0714. The number of hydrogen-bond donors (Lipinski definition) is 0. The molecule has 0 bridgehead atoms. The van der Waals surface area contributed by atoms with E-state index in [0.29, 0.717) is 6.61 Å². The van der Waals surface area contributed by atoms with E-state index >= 15 is 0 Å². The Kier molecular flexibility index (Phi) is 5.87. The van der Waals surface area contributed by atoms with Crippen LogP contribution in [0.4, 0.5) is 0 Å². The van der Waals surface area contributed by atoms with Crippen molar-refractivity contribution in [1.82, 2.24) is 0 Å². The van der Waals surface area contributed by atoms with E-state index in [1.807, 2.05) is 24.3 Å². The maximum Gasteiger partial charge on any atom is 0.119 e. The van der Waals surface area contributed by atoms with Gasteiger partial charge in [0.2, 0.25) is 0 Å². The van der Waals surface area contributed by atoms with E-state index in [9.17, 15) is 0 Å². The van der Waals surface area contributed by atoms with Gasteiger partial charge in [-0.15, -0.1) is 0 Å². The summed E-state index contributed by atoms with van der Waals surface area (Å²) in [5.41, 5.74) is 7.35. The molecule has 0 aliphatic carbocycles. The van der Waals surface area contributed by atoms with Gasteiger partial charge in [0.25, 0.3) is 0 Å². The third kappa shape index (κ3) is 5.03. The van der Waals surface area contributed by atoms with E-state index in [1.54, 1.807) is 0 Å². The molecule has 1 nitrogen and oxygen atoms in total. The Bertz CT molecular complexity index is 1040. The maximum atomic E-state index is 5.91. The van der Waals surface area contributed by atoms with Crippen molar-refractivity contribution in [3.05, 3.63) is 132 Å². The summed E-state index contributed by atoms with van der Waals surface area (Å²) in [6.07, 6.45) is 2.76. The quantitative estimate of drug-likeness (QED) is 0.332. The van der Waals surface area contributed by atoms with Crippen molar-refractivity contribution >= 4 is 6.08 Å². The van der Waals surface area contributed by atoms with Gasteiger partial charge < -0.3 is 4.74 Å². The zero-order valence-electron chi connectivity index (χ0n) is 16.4. The van der Waals surface area contributed by atoms with Crippen LogP contribution in [0.5, 0.6) is 5.75 Å². The molecule has 0 heterocycles. The van der Waals surface area contributed by atoms with E-state index in [-0.39, 0.29) is 0 Å². The standard InChI is InChI=1S/C28H24O/c1-2-22-8-10-25(11-9-22)21-29-28-18-14-24(15-19-28)20-23-12-16-27(17-13-23)26-6-4-3-5-7-26/h2-19H,1,20-21H2. The minimum absolute atomic E-state index is 0.567. The van der Waals surface area contributed by atoms with Gasteiger partial charge in [-0.25, -0.2) is 0 Å². The molecule has 0 radical (unpaired) electrons. The van der Waals surface area contributed by atoms with Crippen LogP contribution in [0, 0.1) is 0 Å². The molecule has 1 heteroatoms. The molecular weight excluding hydrogens is 352 g/mol. The number of ether oxygens (including phenoxy) is 1. The Hall–Kier alpha value is -3.58. The van der Waals surface area contributed by atoms with Gasteiger partial charge in [-0.3, -0.25) is 0 Å². The Labute approximate surface area is 172 Å². The summed E-state index contributed by atoms with van der Waals surface area (Å²) in [6.45, 7) is 4.35. The molecule has 0 saturated carbocycles. The predicted octanol–water partition coefficient (Wildman–Crippen LogP) is 7.17. The van der Waals surface area contributed by atoms with Crippen LogP contribution in [0.25, 0.3) is 17.2 Å². The van der Waals surface area contributed by atoms with E-state index in [2.05, 4.69) is 91.5 Å². The molecule has 0 fully saturated rings. The van der Waals surface area contributed by atoms with Crippen molar-refractivity contribution in [2.75, 3.05) is 0 Å². The molecule has 0 amide bonds. The number of rotatable bonds is 7. The SMILES string of the molecule is C=Cc1ccc(COc2ccc(Cc3ccc(-c4ccccc4)cc3)cc2)cc1. The second kappa shape index (κ2) is 9.07. The van der Waals surface area contributed by atoms with Crippen molar-refractivity contribution in [1.29, 1.82) is 0 Å². The van der Waals surface area contributed by atoms with Crippen LogP contribution in [0.15, 0.2) is 110 Å². The molecule has 0 aliphatic rings. The van der Waals surface area contributed by atoms with Crippen LogP contribution >= 0.6 is 0 Å². The van der Waals surface area contributed by atoms with Crippen LogP contribution in [0.1, 0.15) is 22.3 Å². The molecule has 4 aromatic carbocycles. The smallest absolute Gasteiger partial charge is 0.119 e. The Morgan fingerprint density at radius 2 is 1.14 bits per heavy atom. The highest BCUT2D eigenvalue weighted by Gasteiger charge is 2.01. The summed E-state index contributed by atoms with van der Waals surface area (Å²) < 4.78 is 5.91. The third-order valence-corrected chi connectivity index (χ3v) is 5.01. The summed E-state index contributed by atoms with van der Waals surface area (Å²) in [5.74, 6) is 0.890. The molecule has 4 rings (SSSR count). The molecule has 0 aliphatic heterocycles. The van der Waals surface area contributed by atoms with Crippen molar-refractivity contribution in [2.24, 2.45) is 0 Å². The average Bonchev–Trinajstić information content (AvgIpc) is 2.80. The molecule has 0 spiro atoms. The number of hydrogen-bond acceptors (Lipinski definition) is 1. The lowest BCUT2D eigenvalue weighted by atomic mass is 10.0. The van der Waals surface area contributed by atoms with E-state index < -0.39 is 0 Å². The molecule has 0 aromatic heterocycles. The van der Waals surface area contributed by atoms with Crippen molar-refractivity contribution in [2.45, 2.75) is 13.0 Å². The van der Waals surface area contributed by atoms with Gasteiger partial charge in [-0.2, -0.15) is 0 Å². The molecule has 0 saturated heterocycles. The lowest BCUT2D eigenvalue weighted by Gasteiger charge is -2.08. The van der Waals surface area contributed by atoms with E-state index in [1.165, 1.54) is 22.3 Å². The Balaban J connectivity index is 1.34. The highest BCUT2D eigenvalue weighted by molar-refractivity contribution is 5.63. The van der Waals surface area contributed by atoms with Gasteiger partial charge in [0.05, 0.1) is 0 Å². The monoisotopic (exact) mass is 376 g/mol. The first kappa shape index (κ1) is 18.8. The predicted molar refractivity (Wildman–Crippen MR) is 122 cm³/mol. The highest BCUT2D eigenvalue weighted by atomic mass is 16.5. The topological polar surface area (TPSA) is 9.23 Å². The molecule has 0 atom stereocenters. The minimum Gasteiger partial charge on any atom is -0.489 e. The summed E-state index contributed by atoms with van der Waals surface area (Å²) >= 11 is 0. The molecule has 0 unspecified atom stereocenters. The third-order valence-electron chi connectivity index (χ3n) is 5.01. The van der Waals surface area contributed by atoms with Crippen LogP contribution in [0.3, 0.4) is 0 Å². The lowest BCUT2D eigenvalue weighted by molar-refractivity contribution is 0.306. The minimum atomic E-state index is 0.567. The van der Waals surface area contributed by atoms with Crippen molar-refractivity contribution < 1.29 is 4.74 Å². The molecule has 29 heavy (non-hydrogen) atoms. The van der Waals surface area contributed by atoms with Gasteiger partial charge in [-0.1, -0.05) is 104 Å². The molecule has 142 valence electrons. The van der Waals surface area contributed by atoms with Gasteiger partial charge in [0.1, 0.15) is 12.4 Å². The molecular formula is C28H24O. The van der Waals surface area contributed by atoms with Gasteiger partial charge in [-0.05, 0) is 51.9 Å². The Morgan fingerprint density at radius 3 is 1.76 bits per heavy atom. The first-order valence-corrected chi connectivity index (χ1v) is 9.88. The molecule has 0 N–H and O–H groups in total. The molecule has 4 aromatic rings. The van der Waals surface area contributed by atoms with Crippen molar-refractivity contribution in [3.63, 3.8) is 0 Å². The fourth-order valence-electron chi connectivity index (χ4n) is 3.30. The second-order valence-corrected chi connectivity index (χ2v) is 7.12. The second-order valence-electron chi connectivity index (χ2n) is 7.12. The summed E-state index contributed by atoms with van der Waals surface area (Å²) in [4.78, 5) is 0. The van der Waals surface area contributed by atoms with Gasteiger partial charge >= 0.3 is 0 Å². The van der Waals surface area contributed by atoms with Crippen LogP contribution in [-0.4, -0.2) is 0 Å². The number of benzene rings is 4. The van der Waals surface area contributed by atoms with E-state index in [0.717, 1.165) is 23.3 Å². The lowest BCUT2D eigenvalue weighted by Crippen LogP contribution is -1.96. The summed E-state index contributed by atoms with van der Waals surface area (Å²) in [6, 6.07) is 35.9. The fourth-order valence-corrected chi connectivity index (χ4v) is 3.30. The summed E-state index contributed by atoms with van der Waals surface area (Å²) in [7, 11) is 0. The van der Waals surface area contributed by atoms with Crippen LogP contribution < -0.4 is 4.74 Å². The van der Waals surface area contributed by atoms with Crippen LogP contribution in [-0.2, 0) is 13.0 Å². The first-order valence-electron chi connectivity index (χ1n) is 9.88. The van der Waals surface area contributed by atoms with Gasteiger partial charge in [0, 0.05) is 0 Å². The van der Waals surface area contributed by atoms with E-state index in [4.69, 9.17) is 4.74 Å². The van der Waals surface area contributed by atoms with Gasteiger partial charge in [0.15, 0.2) is 0 Å². The summed E-state index contributed by atoms with van der Waals surface area (Å²) in [5, 5.41) is 0. The highest BCUT2D eigenvalue weighted by Crippen LogP contribution is 2.21. The van der Waals surface area contributed by atoms with Crippen molar-refractivity contribution in [3.8, 4) is 16.9 Å². The van der Waals surface area contributed by atoms with Crippen LogP contribution in [0.2, 0.25) is 0 Å². The first-order chi connectivity index (χ1) is 14.3.